The van der Waals surface area contributed by atoms with Crippen LogP contribution in [0.25, 0.3) is 0 Å². The smallest absolute Gasteiger partial charge is 0.233 e. The van der Waals surface area contributed by atoms with Gasteiger partial charge in [-0.3, -0.25) is 4.79 Å². The van der Waals surface area contributed by atoms with Gasteiger partial charge in [-0.25, -0.2) is 0 Å². The van der Waals surface area contributed by atoms with Crippen LogP contribution in [-0.4, -0.2) is 19.0 Å². The van der Waals surface area contributed by atoms with Gasteiger partial charge in [0.15, 0.2) is 0 Å². The van der Waals surface area contributed by atoms with E-state index in [0.29, 0.717) is 13.1 Å². The van der Waals surface area contributed by atoms with Crippen molar-refractivity contribution in [2.24, 2.45) is 0 Å². The second kappa shape index (κ2) is 9.06. The molecule has 0 fully saturated rings. The van der Waals surface area contributed by atoms with Crippen LogP contribution in [0.5, 0.6) is 0 Å². The van der Waals surface area contributed by atoms with Crippen molar-refractivity contribution in [1.29, 1.82) is 0 Å². The van der Waals surface area contributed by atoms with Crippen molar-refractivity contribution >= 4 is 33.4 Å². The predicted octanol–water partition coefficient (Wildman–Crippen LogP) is 4.11. The minimum absolute atomic E-state index is 0.00271. The Morgan fingerprint density at radius 1 is 1.13 bits per heavy atom. The molecule has 1 amide bonds. The summed E-state index contributed by atoms with van der Waals surface area (Å²) in [5, 5.41) is 6.88. The van der Waals surface area contributed by atoms with Gasteiger partial charge < -0.3 is 10.6 Å². The molecule has 2 aromatic rings. The van der Waals surface area contributed by atoms with Crippen molar-refractivity contribution in [1.82, 2.24) is 10.6 Å². The molecule has 0 unspecified atom stereocenters. The molecule has 2 aromatic carbocycles. The number of carbonyl (C=O) groups is 1. The molecule has 0 aliphatic rings. The molecule has 0 aliphatic carbocycles. The highest BCUT2D eigenvalue weighted by Crippen LogP contribution is 2.16. The maximum absolute atomic E-state index is 11.9. The van der Waals surface area contributed by atoms with Crippen LogP contribution in [0.3, 0.4) is 0 Å². The summed E-state index contributed by atoms with van der Waals surface area (Å²) in [7, 11) is 0. The Labute approximate surface area is 150 Å². The van der Waals surface area contributed by atoms with Crippen molar-refractivity contribution in [3.63, 3.8) is 0 Å². The van der Waals surface area contributed by atoms with Crippen LogP contribution in [0.1, 0.15) is 24.1 Å². The molecule has 23 heavy (non-hydrogen) atoms. The number of halogens is 2. The number of benzene rings is 2. The van der Waals surface area contributed by atoms with E-state index < -0.39 is 0 Å². The minimum Gasteiger partial charge on any atom is -0.355 e. The molecule has 0 aromatic heterocycles. The lowest BCUT2D eigenvalue weighted by molar-refractivity contribution is -0.120. The molecule has 2 N–H and O–H groups in total. The first-order valence-electron chi connectivity index (χ1n) is 7.54. The minimum atomic E-state index is 0.00271. The summed E-state index contributed by atoms with van der Waals surface area (Å²) >= 11 is 9.26. The Morgan fingerprint density at radius 3 is 2.43 bits per heavy atom. The molecule has 122 valence electrons. The molecule has 3 nitrogen and oxygen atoms in total. The van der Waals surface area contributed by atoms with Gasteiger partial charge in [-0.2, -0.15) is 0 Å². The average molecular weight is 396 g/mol. The van der Waals surface area contributed by atoms with Gasteiger partial charge in [-0.15, -0.1) is 0 Å². The number of rotatable bonds is 7. The van der Waals surface area contributed by atoms with Crippen molar-refractivity contribution in [2.75, 3.05) is 13.1 Å². The monoisotopic (exact) mass is 394 g/mol. The fourth-order valence-corrected chi connectivity index (χ4v) is 2.57. The second-order valence-corrected chi connectivity index (χ2v) is 6.73. The number of carbonyl (C=O) groups excluding carboxylic acids is 1. The van der Waals surface area contributed by atoms with E-state index in [2.05, 4.69) is 26.6 Å². The molecule has 0 heterocycles. The largest absolute Gasteiger partial charge is 0.355 e. The highest BCUT2D eigenvalue weighted by molar-refractivity contribution is 9.10. The van der Waals surface area contributed by atoms with E-state index in [-0.39, 0.29) is 11.9 Å². The van der Waals surface area contributed by atoms with Crippen LogP contribution in [-0.2, 0) is 11.2 Å². The van der Waals surface area contributed by atoms with Crippen LogP contribution in [0.15, 0.2) is 53.0 Å². The van der Waals surface area contributed by atoms with Crippen LogP contribution in [0.4, 0.5) is 0 Å². The van der Waals surface area contributed by atoms with Crippen molar-refractivity contribution in [2.45, 2.75) is 19.4 Å². The maximum Gasteiger partial charge on any atom is 0.233 e. The van der Waals surface area contributed by atoms with E-state index in [1.165, 1.54) is 0 Å². The Balaban J connectivity index is 1.68. The summed E-state index contributed by atoms with van der Waals surface area (Å²) in [5.41, 5.74) is 2.31. The zero-order valence-corrected chi connectivity index (χ0v) is 15.3. The quantitative estimate of drug-likeness (QED) is 0.740. The summed E-state index contributed by atoms with van der Waals surface area (Å²) in [5.74, 6) is 0.00271. The molecule has 0 aliphatic heterocycles. The molecule has 2 rings (SSSR count). The lowest BCUT2D eigenvalue weighted by Gasteiger charge is -2.14. The summed E-state index contributed by atoms with van der Waals surface area (Å²) in [6.45, 7) is 2.97. The number of hydrogen-bond acceptors (Lipinski definition) is 2. The van der Waals surface area contributed by atoms with Gasteiger partial charge in [-0.1, -0.05) is 51.8 Å². The zero-order valence-electron chi connectivity index (χ0n) is 13.0. The first-order valence-corrected chi connectivity index (χ1v) is 8.71. The lowest BCUT2D eigenvalue weighted by atomic mass is 10.1. The Morgan fingerprint density at radius 2 is 1.78 bits per heavy atom. The molecular weight excluding hydrogens is 376 g/mol. The van der Waals surface area contributed by atoms with Crippen molar-refractivity contribution in [3.05, 3.63) is 69.2 Å². The van der Waals surface area contributed by atoms with Gasteiger partial charge in [0.1, 0.15) is 0 Å². The normalized spacial score (nSPS) is 12.0. The third-order valence-corrected chi connectivity index (χ3v) is 4.37. The standard InChI is InChI=1S/C18H20BrClN2O/c1-13(15-4-6-16(19)7-5-15)22-12-18(23)21-11-10-14-2-8-17(20)9-3-14/h2-9,13,22H,10-12H2,1H3,(H,21,23)/t13-/m1/s1. The Hall–Kier alpha value is -1.36. The van der Waals surface area contributed by atoms with Gasteiger partial charge in [0, 0.05) is 22.1 Å². The van der Waals surface area contributed by atoms with Gasteiger partial charge in [-0.05, 0) is 48.7 Å². The van der Waals surface area contributed by atoms with Crippen molar-refractivity contribution < 1.29 is 4.79 Å². The topological polar surface area (TPSA) is 41.1 Å². The number of amides is 1. The SMILES string of the molecule is C[C@@H](NCC(=O)NCCc1ccc(Cl)cc1)c1ccc(Br)cc1. The maximum atomic E-state index is 11.9. The molecule has 0 spiro atoms. The van der Waals surface area contributed by atoms with E-state index in [0.717, 1.165) is 27.0 Å². The van der Waals surface area contributed by atoms with E-state index in [1.807, 2.05) is 55.5 Å². The number of nitrogens with one attached hydrogen (secondary N) is 2. The van der Waals surface area contributed by atoms with Gasteiger partial charge >= 0.3 is 0 Å². The Kier molecular flexibility index (Phi) is 7.09. The second-order valence-electron chi connectivity index (χ2n) is 5.38. The molecule has 0 saturated carbocycles. The molecule has 0 saturated heterocycles. The van der Waals surface area contributed by atoms with Crippen LogP contribution < -0.4 is 10.6 Å². The number of hydrogen-bond donors (Lipinski definition) is 2. The fourth-order valence-electron chi connectivity index (χ4n) is 2.17. The summed E-state index contributed by atoms with van der Waals surface area (Å²) in [6.07, 6.45) is 0.797. The van der Waals surface area contributed by atoms with Crippen molar-refractivity contribution in [3.8, 4) is 0 Å². The summed E-state index contributed by atoms with van der Waals surface area (Å²) in [6, 6.07) is 15.9. The third kappa shape index (κ3) is 6.34. The van der Waals surface area contributed by atoms with Crippen LogP contribution in [0, 0.1) is 0 Å². The predicted molar refractivity (Wildman–Crippen MR) is 98.7 cm³/mol. The molecule has 0 bridgehead atoms. The third-order valence-electron chi connectivity index (χ3n) is 3.59. The molecule has 5 heteroatoms. The van der Waals surface area contributed by atoms with E-state index >= 15 is 0 Å². The summed E-state index contributed by atoms with van der Waals surface area (Å²) in [4.78, 5) is 11.9. The van der Waals surface area contributed by atoms with Gasteiger partial charge in [0.25, 0.3) is 0 Å². The molecular formula is C18H20BrClN2O. The molecule has 0 radical (unpaired) electrons. The van der Waals surface area contributed by atoms with Gasteiger partial charge in [0.05, 0.1) is 6.54 Å². The molecule has 1 atom stereocenters. The highest BCUT2D eigenvalue weighted by Gasteiger charge is 2.07. The first-order chi connectivity index (χ1) is 11.0. The first kappa shape index (κ1) is 18.0. The summed E-state index contributed by atoms with van der Waals surface area (Å²) < 4.78 is 1.05. The van der Waals surface area contributed by atoms with E-state index in [9.17, 15) is 4.79 Å². The Bertz CT molecular complexity index is 628. The van der Waals surface area contributed by atoms with Crippen LogP contribution in [0.2, 0.25) is 5.02 Å². The van der Waals surface area contributed by atoms with E-state index in [4.69, 9.17) is 11.6 Å². The van der Waals surface area contributed by atoms with Crippen LogP contribution >= 0.6 is 27.5 Å². The zero-order chi connectivity index (χ0) is 16.7. The average Bonchev–Trinajstić information content (AvgIpc) is 2.55. The van der Waals surface area contributed by atoms with E-state index in [1.54, 1.807) is 0 Å². The lowest BCUT2D eigenvalue weighted by Crippen LogP contribution is -2.36. The fraction of sp³-hybridized carbons (Fsp3) is 0.278. The highest BCUT2D eigenvalue weighted by atomic mass is 79.9. The van der Waals surface area contributed by atoms with Gasteiger partial charge in [0.2, 0.25) is 5.91 Å².